The molecule has 0 saturated carbocycles. The van der Waals surface area contributed by atoms with E-state index in [0.717, 1.165) is 12.0 Å². The molecule has 1 amide bonds. The molecule has 0 bridgehead atoms. The summed E-state index contributed by atoms with van der Waals surface area (Å²) in [5.74, 6) is -0.292. The van der Waals surface area contributed by atoms with Crippen LogP contribution in [-0.2, 0) is 17.6 Å². The lowest BCUT2D eigenvalue weighted by atomic mass is 10.00. The maximum atomic E-state index is 10.9. The number of hydrogen-bond acceptors (Lipinski definition) is 1. The quantitative estimate of drug-likeness (QED) is 0.762. The lowest BCUT2D eigenvalue weighted by Crippen LogP contribution is -2.13. The first kappa shape index (κ1) is 15.3. The van der Waals surface area contributed by atoms with Gasteiger partial charge in [-0.15, -0.1) is 0 Å². The highest BCUT2D eigenvalue weighted by atomic mass is 16.1. The van der Waals surface area contributed by atoms with E-state index in [-0.39, 0.29) is 5.91 Å². The molecule has 0 unspecified atom stereocenters. The molecule has 0 atom stereocenters. The molecule has 0 spiro atoms. The highest BCUT2D eigenvalue weighted by molar-refractivity contribution is 5.77. The zero-order valence-electron chi connectivity index (χ0n) is 12.6. The molecule has 2 heteroatoms. The number of nitrogens with two attached hydrogens (primary N) is 1. The minimum absolute atomic E-state index is 0.292. The number of primary amides is 1. The highest BCUT2D eigenvalue weighted by Gasteiger charge is 2.01. The second-order valence-corrected chi connectivity index (χ2v) is 5.49. The minimum Gasteiger partial charge on any atom is -0.369 e. The standard InChI is InChI=1S/C19H23NO/c1-2-3-4-5-15-6-10-17(11-7-15)18-12-8-16(9-13-18)14-19(20)21/h6-13H,2-5,14H2,1H3,(H2,20,21). The van der Waals surface area contributed by atoms with Gasteiger partial charge >= 0.3 is 0 Å². The number of rotatable bonds is 7. The third kappa shape index (κ3) is 4.75. The van der Waals surface area contributed by atoms with E-state index in [1.807, 2.05) is 24.3 Å². The van der Waals surface area contributed by atoms with Gasteiger partial charge in [0.05, 0.1) is 6.42 Å². The van der Waals surface area contributed by atoms with Gasteiger partial charge < -0.3 is 5.73 Å². The minimum atomic E-state index is -0.292. The van der Waals surface area contributed by atoms with E-state index in [2.05, 4.69) is 31.2 Å². The van der Waals surface area contributed by atoms with Crippen molar-refractivity contribution in [2.24, 2.45) is 5.73 Å². The van der Waals surface area contributed by atoms with E-state index < -0.39 is 0 Å². The monoisotopic (exact) mass is 281 g/mol. The van der Waals surface area contributed by atoms with Crippen LogP contribution < -0.4 is 5.73 Å². The van der Waals surface area contributed by atoms with Crippen molar-refractivity contribution in [3.8, 4) is 11.1 Å². The lowest BCUT2D eigenvalue weighted by molar-refractivity contribution is -0.117. The van der Waals surface area contributed by atoms with Crippen molar-refractivity contribution in [1.29, 1.82) is 0 Å². The number of aryl methyl sites for hydroxylation is 1. The Labute approximate surface area is 127 Å². The second-order valence-electron chi connectivity index (χ2n) is 5.49. The molecule has 2 aromatic rings. The van der Waals surface area contributed by atoms with Gasteiger partial charge in [-0.2, -0.15) is 0 Å². The largest absolute Gasteiger partial charge is 0.369 e. The molecule has 0 aliphatic carbocycles. The topological polar surface area (TPSA) is 43.1 Å². The van der Waals surface area contributed by atoms with Crippen molar-refractivity contribution in [1.82, 2.24) is 0 Å². The van der Waals surface area contributed by atoms with Crippen molar-refractivity contribution in [3.63, 3.8) is 0 Å². The van der Waals surface area contributed by atoms with Crippen LogP contribution >= 0.6 is 0 Å². The van der Waals surface area contributed by atoms with Gasteiger partial charge in [-0.3, -0.25) is 4.79 Å². The van der Waals surface area contributed by atoms with Crippen molar-refractivity contribution < 1.29 is 4.79 Å². The summed E-state index contributed by atoms with van der Waals surface area (Å²) in [5.41, 5.74) is 9.94. The molecule has 2 rings (SSSR count). The maximum absolute atomic E-state index is 10.9. The molecular formula is C19H23NO. The van der Waals surface area contributed by atoms with Crippen LogP contribution in [0.15, 0.2) is 48.5 Å². The Morgan fingerprint density at radius 3 is 1.86 bits per heavy atom. The van der Waals surface area contributed by atoms with Crippen LogP contribution in [-0.4, -0.2) is 5.91 Å². The Bertz CT molecular complexity index is 570. The van der Waals surface area contributed by atoms with Gasteiger partial charge in [-0.1, -0.05) is 68.3 Å². The zero-order chi connectivity index (χ0) is 15.1. The van der Waals surface area contributed by atoms with E-state index in [9.17, 15) is 4.79 Å². The highest BCUT2D eigenvalue weighted by Crippen LogP contribution is 2.21. The number of hydrogen-bond donors (Lipinski definition) is 1. The zero-order valence-corrected chi connectivity index (χ0v) is 12.6. The van der Waals surface area contributed by atoms with Gasteiger partial charge in [0.25, 0.3) is 0 Å². The third-order valence-corrected chi connectivity index (χ3v) is 3.69. The summed E-state index contributed by atoms with van der Waals surface area (Å²) in [6.45, 7) is 2.23. The summed E-state index contributed by atoms with van der Waals surface area (Å²) in [6, 6.07) is 16.8. The van der Waals surface area contributed by atoms with E-state index >= 15 is 0 Å². The second kappa shape index (κ2) is 7.63. The SMILES string of the molecule is CCCCCc1ccc(-c2ccc(CC(N)=O)cc2)cc1. The molecule has 0 radical (unpaired) electrons. The number of carbonyl (C=O) groups excluding carboxylic acids is 1. The first-order valence-electron chi connectivity index (χ1n) is 7.65. The smallest absolute Gasteiger partial charge is 0.221 e. The number of amides is 1. The van der Waals surface area contributed by atoms with E-state index in [1.165, 1.54) is 36.0 Å². The Kier molecular flexibility index (Phi) is 5.56. The van der Waals surface area contributed by atoms with Crippen molar-refractivity contribution in [2.75, 3.05) is 0 Å². The van der Waals surface area contributed by atoms with Gasteiger partial charge in [-0.05, 0) is 35.1 Å². The number of benzene rings is 2. The average molecular weight is 281 g/mol. The van der Waals surface area contributed by atoms with Crippen molar-refractivity contribution in [2.45, 2.75) is 39.0 Å². The molecule has 2 aromatic carbocycles. The summed E-state index contributed by atoms with van der Waals surface area (Å²) in [7, 11) is 0. The molecule has 21 heavy (non-hydrogen) atoms. The van der Waals surface area contributed by atoms with Crippen LogP contribution in [0.2, 0.25) is 0 Å². The Hall–Kier alpha value is -2.09. The molecule has 0 heterocycles. The number of carbonyl (C=O) groups is 1. The molecule has 0 fully saturated rings. The Morgan fingerprint density at radius 1 is 0.857 bits per heavy atom. The first-order chi connectivity index (χ1) is 10.2. The fourth-order valence-electron chi connectivity index (χ4n) is 2.46. The Morgan fingerprint density at radius 2 is 1.38 bits per heavy atom. The lowest BCUT2D eigenvalue weighted by Gasteiger charge is -2.06. The van der Waals surface area contributed by atoms with Crippen LogP contribution in [0.4, 0.5) is 0 Å². The van der Waals surface area contributed by atoms with Gasteiger partial charge in [-0.25, -0.2) is 0 Å². The van der Waals surface area contributed by atoms with Crippen LogP contribution in [0.3, 0.4) is 0 Å². The predicted molar refractivity (Wildman–Crippen MR) is 88.0 cm³/mol. The van der Waals surface area contributed by atoms with Gasteiger partial charge in [0.2, 0.25) is 5.91 Å². The predicted octanol–water partition coefficient (Wildman–Crippen LogP) is 4.11. The molecular weight excluding hydrogens is 258 g/mol. The Balaban J connectivity index is 2.02. The summed E-state index contributed by atoms with van der Waals surface area (Å²) in [4.78, 5) is 10.9. The molecule has 110 valence electrons. The molecule has 0 aliphatic heterocycles. The molecule has 0 saturated heterocycles. The van der Waals surface area contributed by atoms with E-state index in [0.29, 0.717) is 6.42 Å². The normalized spacial score (nSPS) is 10.5. The summed E-state index contributed by atoms with van der Waals surface area (Å²) in [6.07, 6.45) is 5.28. The van der Waals surface area contributed by atoms with Gasteiger partial charge in [0, 0.05) is 0 Å². The van der Waals surface area contributed by atoms with E-state index in [1.54, 1.807) is 0 Å². The van der Waals surface area contributed by atoms with Crippen LogP contribution in [0, 0.1) is 0 Å². The average Bonchev–Trinajstić information content (AvgIpc) is 2.49. The van der Waals surface area contributed by atoms with Gasteiger partial charge in [0.15, 0.2) is 0 Å². The first-order valence-corrected chi connectivity index (χ1v) is 7.65. The summed E-state index contributed by atoms with van der Waals surface area (Å²) in [5, 5.41) is 0. The van der Waals surface area contributed by atoms with Crippen molar-refractivity contribution >= 4 is 5.91 Å². The summed E-state index contributed by atoms with van der Waals surface area (Å²) < 4.78 is 0. The van der Waals surface area contributed by atoms with Crippen LogP contribution in [0.1, 0.15) is 37.3 Å². The number of unbranched alkanes of at least 4 members (excludes halogenated alkanes) is 2. The summed E-state index contributed by atoms with van der Waals surface area (Å²) >= 11 is 0. The molecule has 0 aromatic heterocycles. The molecule has 2 N–H and O–H groups in total. The fraction of sp³-hybridized carbons (Fsp3) is 0.316. The molecule has 2 nitrogen and oxygen atoms in total. The van der Waals surface area contributed by atoms with Crippen LogP contribution in [0.25, 0.3) is 11.1 Å². The third-order valence-electron chi connectivity index (χ3n) is 3.69. The maximum Gasteiger partial charge on any atom is 0.221 e. The van der Waals surface area contributed by atoms with E-state index in [4.69, 9.17) is 5.73 Å². The van der Waals surface area contributed by atoms with Crippen LogP contribution in [0.5, 0.6) is 0 Å². The van der Waals surface area contributed by atoms with Crippen molar-refractivity contribution in [3.05, 3.63) is 59.7 Å². The fourth-order valence-corrected chi connectivity index (χ4v) is 2.46. The molecule has 0 aliphatic rings. The van der Waals surface area contributed by atoms with Gasteiger partial charge in [0.1, 0.15) is 0 Å².